The Labute approximate surface area is 247 Å². The van der Waals surface area contributed by atoms with Gasteiger partial charge in [-0.1, -0.05) is 54.0 Å². The second kappa shape index (κ2) is 8.30. The van der Waals surface area contributed by atoms with Crippen LogP contribution < -0.4 is 5.32 Å². The van der Waals surface area contributed by atoms with Gasteiger partial charge in [-0.25, -0.2) is 0 Å². The summed E-state index contributed by atoms with van der Waals surface area (Å²) in [7, 11) is 0. The first-order chi connectivity index (χ1) is 19.2. The molecule has 0 saturated heterocycles. The van der Waals surface area contributed by atoms with Crippen LogP contribution in [-0.4, -0.2) is 30.2 Å². The van der Waals surface area contributed by atoms with Crippen molar-refractivity contribution in [1.82, 2.24) is 5.32 Å². The topological polar surface area (TPSA) is 87.0 Å². The minimum Gasteiger partial charge on any atom is -0.346 e. The highest BCUT2D eigenvalue weighted by Crippen LogP contribution is 2.81. The number of amides is 1. The Morgan fingerprint density at radius 1 is 0.976 bits per heavy atom. The van der Waals surface area contributed by atoms with Crippen LogP contribution >= 0.6 is 0 Å². The lowest BCUT2D eigenvalue weighted by Gasteiger charge is -2.69. The molecule has 1 amide bonds. The van der Waals surface area contributed by atoms with E-state index in [0.29, 0.717) is 32.1 Å². The molecule has 9 atom stereocenters. The van der Waals surface area contributed by atoms with Crippen LogP contribution in [0.5, 0.6) is 0 Å². The third-order valence-electron chi connectivity index (χ3n) is 14.2. The molecule has 8 heteroatoms. The van der Waals surface area contributed by atoms with Crippen LogP contribution in [0.2, 0.25) is 0 Å². The summed E-state index contributed by atoms with van der Waals surface area (Å²) in [6.45, 7) is 13.5. The van der Waals surface area contributed by atoms with E-state index in [2.05, 4.69) is 46.0 Å². The largest absolute Gasteiger partial charge is 0.405 e. The van der Waals surface area contributed by atoms with Gasteiger partial charge in [0.1, 0.15) is 12.0 Å². The molecule has 6 aliphatic carbocycles. The van der Waals surface area contributed by atoms with Gasteiger partial charge in [0.05, 0.1) is 11.5 Å². The molecule has 6 rings (SSSR count). The number of Topliss-reactive ketones (excluding diaryl/α,β-unsaturated/α-hetero) is 1. The molecular formula is C34H45F3N2O3. The quantitative estimate of drug-likeness (QED) is 0.379. The van der Waals surface area contributed by atoms with Crippen LogP contribution in [0.3, 0.4) is 0 Å². The maximum Gasteiger partial charge on any atom is 0.405 e. The number of nitrogens with zero attached hydrogens (tertiary/aromatic N) is 1. The molecule has 2 unspecified atom stereocenters. The van der Waals surface area contributed by atoms with E-state index in [4.69, 9.17) is 0 Å². The Morgan fingerprint density at radius 2 is 1.62 bits per heavy atom. The van der Waals surface area contributed by atoms with Gasteiger partial charge in [0.2, 0.25) is 5.91 Å². The summed E-state index contributed by atoms with van der Waals surface area (Å²) in [5.41, 5.74) is -3.13. The summed E-state index contributed by atoms with van der Waals surface area (Å²) in [4.78, 5) is 41.9. The molecule has 0 aromatic carbocycles. The number of allylic oxidation sites excluding steroid dienone is 2. The molecule has 6 aliphatic rings. The standard InChI is InChI=1S/C34H45F3N2O3/c1-27(2)10-12-32(26(42)39-18-34(35,36)37)13-11-30(6)24(19(32)15-27)20(40)14-22-29(30,5)9-8-21-28(3,4)25(41)33(17-38)16-23(33)31(21,22)7/h14,19,21,23-24H,8-13,15-16,18H2,1-7H3,(H,39,42)/t19?,21-,23+,24?,29+,30+,31-,32-,33-/m0/s1. The van der Waals surface area contributed by atoms with Crippen molar-refractivity contribution in [2.24, 2.45) is 61.6 Å². The van der Waals surface area contributed by atoms with Gasteiger partial charge < -0.3 is 5.32 Å². The molecule has 0 spiro atoms. The van der Waals surface area contributed by atoms with Crippen molar-refractivity contribution in [2.75, 3.05) is 6.54 Å². The lowest BCUT2D eigenvalue weighted by molar-refractivity contribution is -0.184. The zero-order chi connectivity index (χ0) is 31.1. The molecule has 5 fully saturated rings. The minimum absolute atomic E-state index is 0.0168. The number of halogens is 3. The summed E-state index contributed by atoms with van der Waals surface area (Å²) in [5, 5.41) is 12.5. The first kappa shape index (κ1) is 29.9. The summed E-state index contributed by atoms with van der Waals surface area (Å²) in [5.74, 6) is -1.49. The van der Waals surface area contributed by atoms with E-state index in [1.807, 2.05) is 19.9 Å². The maximum absolute atomic E-state index is 14.6. The van der Waals surface area contributed by atoms with Crippen molar-refractivity contribution in [3.63, 3.8) is 0 Å². The number of nitrogens with one attached hydrogen (secondary N) is 1. The van der Waals surface area contributed by atoms with Crippen molar-refractivity contribution in [2.45, 2.75) is 106 Å². The average molecular weight is 587 g/mol. The van der Waals surface area contributed by atoms with Gasteiger partial charge in [-0.15, -0.1) is 0 Å². The molecule has 42 heavy (non-hydrogen) atoms. The molecule has 230 valence electrons. The van der Waals surface area contributed by atoms with Gasteiger partial charge in [-0.05, 0) is 96.9 Å². The first-order valence-electron chi connectivity index (χ1n) is 15.7. The van der Waals surface area contributed by atoms with Crippen LogP contribution in [0, 0.1) is 72.9 Å². The molecule has 0 aromatic heterocycles. The van der Waals surface area contributed by atoms with Crippen LogP contribution in [0.4, 0.5) is 13.2 Å². The Balaban J connectivity index is 1.47. The van der Waals surface area contributed by atoms with Gasteiger partial charge in [-0.2, -0.15) is 18.4 Å². The number of ketones is 2. The minimum atomic E-state index is -4.50. The Bertz CT molecular complexity index is 1360. The number of nitriles is 1. The van der Waals surface area contributed by atoms with E-state index in [0.717, 1.165) is 24.8 Å². The summed E-state index contributed by atoms with van der Waals surface area (Å²) in [6.07, 6.45) is 2.30. The highest BCUT2D eigenvalue weighted by molar-refractivity contribution is 5.99. The second-order valence-electron chi connectivity index (χ2n) is 16.9. The molecule has 0 aromatic rings. The fourth-order valence-electron chi connectivity index (χ4n) is 11.8. The monoisotopic (exact) mass is 586 g/mol. The van der Waals surface area contributed by atoms with Crippen molar-refractivity contribution in [3.8, 4) is 6.07 Å². The normalized spacial score (nSPS) is 48.3. The lowest BCUT2D eigenvalue weighted by atomic mass is 9.33. The summed E-state index contributed by atoms with van der Waals surface area (Å²) >= 11 is 0. The highest BCUT2D eigenvalue weighted by Gasteiger charge is 2.80. The number of carbonyl (C=O) groups is 3. The number of alkyl halides is 3. The van der Waals surface area contributed by atoms with E-state index in [1.54, 1.807) is 0 Å². The van der Waals surface area contributed by atoms with Gasteiger partial charge in [0.25, 0.3) is 0 Å². The summed E-state index contributed by atoms with van der Waals surface area (Å²) in [6, 6.07) is 2.40. The zero-order valence-corrected chi connectivity index (χ0v) is 26.1. The average Bonchev–Trinajstić information content (AvgIpc) is 3.64. The van der Waals surface area contributed by atoms with Gasteiger partial charge in [0.15, 0.2) is 11.6 Å². The third kappa shape index (κ3) is 3.46. The molecule has 5 saturated carbocycles. The lowest BCUT2D eigenvalue weighted by Crippen LogP contribution is -2.67. The van der Waals surface area contributed by atoms with Crippen LogP contribution in [0.25, 0.3) is 0 Å². The van der Waals surface area contributed by atoms with E-state index in [-0.39, 0.29) is 34.7 Å². The molecule has 0 bridgehead atoms. The Hall–Kier alpha value is -2.17. The third-order valence-corrected chi connectivity index (χ3v) is 14.2. The number of rotatable bonds is 2. The van der Waals surface area contributed by atoms with Crippen molar-refractivity contribution >= 4 is 17.5 Å². The SMILES string of the molecule is CC1(C)CC[C@]2(C(=O)NCC(F)(F)F)CC[C@]3(C)C(C(=O)C=C4[C@@]5(C)[C@H]6C[C@@]6(C#N)C(=O)C(C)(C)[C@@H]5CC[C@]43C)C2C1. The molecule has 0 radical (unpaired) electrons. The van der Waals surface area contributed by atoms with Gasteiger partial charge >= 0.3 is 6.18 Å². The first-order valence-corrected chi connectivity index (χ1v) is 15.7. The fourth-order valence-corrected chi connectivity index (χ4v) is 11.8. The number of carbonyl (C=O) groups excluding carboxylic acids is 3. The van der Waals surface area contributed by atoms with Crippen molar-refractivity contribution in [1.29, 1.82) is 5.26 Å². The van der Waals surface area contributed by atoms with Crippen molar-refractivity contribution < 1.29 is 27.6 Å². The van der Waals surface area contributed by atoms with Crippen molar-refractivity contribution in [3.05, 3.63) is 11.6 Å². The van der Waals surface area contributed by atoms with E-state index >= 15 is 0 Å². The predicted molar refractivity (Wildman–Crippen MR) is 150 cm³/mol. The van der Waals surface area contributed by atoms with Gasteiger partial charge in [0, 0.05) is 11.3 Å². The predicted octanol–water partition coefficient (Wildman–Crippen LogP) is 6.96. The summed E-state index contributed by atoms with van der Waals surface area (Å²) < 4.78 is 39.5. The van der Waals surface area contributed by atoms with E-state index in [1.165, 1.54) is 0 Å². The number of fused-ring (bicyclic) bond motifs is 9. The Kier molecular flexibility index (Phi) is 5.90. The van der Waals surface area contributed by atoms with E-state index < -0.39 is 57.0 Å². The van der Waals surface area contributed by atoms with E-state index in [9.17, 15) is 32.8 Å². The van der Waals surface area contributed by atoms with Crippen LogP contribution in [0.1, 0.15) is 99.8 Å². The molecule has 0 heterocycles. The molecule has 0 aliphatic heterocycles. The van der Waals surface area contributed by atoms with Crippen LogP contribution in [-0.2, 0) is 14.4 Å². The molecular weight excluding hydrogens is 541 g/mol. The highest BCUT2D eigenvalue weighted by atomic mass is 19.4. The fraction of sp³-hybridized carbons (Fsp3) is 0.824. The second-order valence-corrected chi connectivity index (χ2v) is 16.9. The Morgan fingerprint density at radius 3 is 2.24 bits per heavy atom. The maximum atomic E-state index is 14.6. The zero-order valence-electron chi connectivity index (χ0n) is 26.1. The number of hydrogen-bond acceptors (Lipinski definition) is 4. The van der Waals surface area contributed by atoms with Gasteiger partial charge in [-0.3, -0.25) is 14.4 Å². The smallest absolute Gasteiger partial charge is 0.346 e. The molecule has 1 N–H and O–H groups in total. The number of hydrogen-bond donors (Lipinski definition) is 1. The van der Waals surface area contributed by atoms with Crippen LogP contribution in [0.15, 0.2) is 11.6 Å². The molecule has 5 nitrogen and oxygen atoms in total.